The van der Waals surface area contributed by atoms with Gasteiger partial charge in [-0.3, -0.25) is 4.68 Å². The molecule has 0 aliphatic heterocycles. The van der Waals surface area contributed by atoms with Crippen LogP contribution in [-0.4, -0.2) is 15.0 Å². The van der Waals surface area contributed by atoms with Crippen LogP contribution >= 0.6 is 15.9 Å². The zero-order chi connectivity index (χ0) is 12.4. The number of aromatic nitrogens is 3. The smallest absolute Gasteiger partial charge is 0.102 e. The molecule has 1 aromatic carbocycles. The zero-order valence-electron chi connectivity index (χ0n) is 10.2. The Kier molecular flexibility index (Phi) is 3.47. The van der Waals surface area contributed by atoms with Gasteiger partial charge in [0.25, 0.3) is 0 Å². The lowest BCUT2D eigenvalue weighted by Crippen LogP contribution is -2.02. The van der Waals surface area contributed by atoms with Gasteiger partial charge >= 0.3 is 0 Å². The number of rotatable bonds is 3. The summed E-state index contributed by atoms with van der Waals surface area (Å²) in [5, 5.41) is 11.3. The molecule has 0 aliphatic rings. The molecule has 0 spiro atoms. The lowest BCUT2D eigenvalue weighted by Gasteiger charge is -2.11. The molecule has 17 heavy (non-hydrogen) atoms. The van der Waals surface area contributed by atoms with Gasteiger partial charge < -0.3 is 5.32 Å². The molecule has 4 nitrogen and oxygen atoms in total. The van der Waals surface area contributed by atoms with Crippen molar-refractivity contribution >= 4 is 21.6 Å². The van der Waals surface area contributed by atoms with Crippen LogP contribution in [-0.2, 0) is 13.6 Å². The summed E-state index contributed by atoms with van der Waals surface area (Å²) in [6.45, 7) is 4.86. The first-order chi connectivity index (χ1) is 8.06. The molecule has 0 bridgehead atoms. The summed E-state index contributed by atoms with van der Waals surface area (Å²) < 4.78 is 2.78. The highest BCUT2D eigenvalue weighted by atomic mass is 79.9. The first-order valence-electron chi connectivity index (χ1n) is 5.42. The Labute approximate surface area is 109 Å². The fourth-order valence-electron chi connectivity index (χ4n) is 1.79. The Morgan fingerprint density at radius 2 is 2.12 bits per heavy atom. The monoisotopic (exact) mass is 294 g/mol. The zero-order valence-corrected chi connectivity index (χ0v) is 11.7. The van der Waals surface area contributed by atoms with E-state index in [4.69, 9.17) is 0 Å². The van der Waals surface area contributed by atoms with Gasteiger partial charge in [-0.05, 0) is 47.0 Å². The topological polar surface area (TPSA) is 42.7 Å². The van der Waals surface area contributed by atoms with Crippen molar-refractivity contribution in [3.63, 3.8) is 0 Å². The molecule has 1 heterocycles. The minimum atomic E-state index is 0.677. The van der Waals surface area contributed by atoms with Crippen molar-refractivity contribution in [2.45, 2.75) is 20.4 Å². The lowest BCUT2D eigenvalue weighted by atomic mass is 10.1. The standard InChI is InChI=1S/C12H15BrN4/c1-8-4-9(2)12(11(13)5-8)14-6-10-7-17(3)16-15-10/h4-5,7,14H,6H2,1-3H3. The minimum absolute atomic E-state index is 0.677. The van der Waals surface area contributed by atoms with Crippen molar-refractivity contribution in [3.05, 3.63) is 39.6 Å². The van der Waals surface area contributed by atoms with E-state index in [0.29, 0.717) is 6.54 Å². The van der Waals surface area contributed by atoms with Crippen LogP contribution in [0.15, 0.2) is 22.8 Å². The predicted octanol–water partition coefficient (Wildman–Crippen LogP) is 2.81. The number of halogens is 1. The molecule has 2 rings (SSSR count). The summed E-state index contributed by atoms with van der Waals surface area (Å²) in [6.07, 6.45) is 1.91. The van der Waals surface area contributed by atoms with Crippen LogP contribution in [0.25, 0.3) is 0 Å². The van der Waals surface area contributed by atoms with E-state index in [1.54, 1.807) is 4.68 Å². The maximum absolute atomic E-state index is 4.04. The van der Waals surface area contributed by atoms with Crippen molar-refractivity contribution in [3.8, 4) is 0 Å². The molecular formula is C12H15BrN4. The molecule has 0 fully saturated rings. The molecule has 2 aromatic rings. The van der Waals surface area contributed by atoms with Gasteiger partial charge in [-0.1, -0.05) is 11.3 Å². The van der Waals surface area contributed by atoms with Crippen molar-refractivity contribution in [2.75, 3.05) is 5.32 Å². The van der Waals surface area contributed by atoms with Gasteiger partial charge in [0.15, 0.2) is 0 Å². The molecule has 1 aromatic heterocycles. The van der Waals surface area contributed by atoms with E-state index in [2.05, 4.69) is 57.5 Å². The summed E-state index contributed by atoms with van der Waals surface area (Å²) in [6, 6.07) is 4.26. The average Bonchev–Trinajstić information content (AvgIpc) is 2.62. The Hall–Kier alpha value is -1.36. The molecular weight excluding hydrogens is 280 g/mol. The highest BCUT2D eigenvalue weighted by Gasteiger charge is 2.05. The van der Waals surface area contributed by atoms with Gasteiger partial charge in [0.1, 0.15) is 5.69 Å². The third-order valence-corrected chi connectivity index (χ3v) is 3.15. The average molecular weight is 295 g/mol. The number of hydrogen-bond acceptors (Lipinski definition) is 3. The highest BCUT2D eigenvalue weighted by Crippen LogP contribution is 2.27. The first-order valence-corrected chi connectivity index (χ1v) is 6.21. The Morgan fingerprint density at radius 1 is 1.35 bits per heavy atom. The summed E-state index contributed by atoms with van der Waals surface area (Å²) in [4.78, 5) is 0. The second-order valence-electron chi connectivity index (χ2n) is 4.18. The predicted molar refractivity (Wildman–Crippen MR) is 71.9 cm³/mol. The van der Waals surface area contributed by atoms with E-state index in [1.807, 2.05) is 13.2 Å². The van der Waals surface area contributed by atoms with E-state index >= 15 is 0 Å². The van der Waals surface area contributed by atoms with Crippen LogP contribution in [0.1, 0.15) is 16.8 Å². The molecule has 5 heteroatoms. The van der Waals surface area contributed by atoms with Gasteiger partial charge in [-0.15, -0.1) is 5.10 Å². The molecule has 0 atom stereocenters. The van der Waals surface area contributed by atoms with E-state index < -0.39 is 0 Å². The largest absolute Gasteiger partial charge is 0.378 e. The normalized spacial score (nSPS) is 10.6. The van der Waals surface area contributed by atoms with Crippen LogP contribution in [0.2, 0.25) is 0 Å². The van der Waals surface area contributed by atoms with Crippen LogP contribution in [0.3, 0.4) is 0 Å². The van der Waals surface area contributed by atoms with Crippen molar-refractivity contribution in [1.82, 2.24) is 15.0 Å². The highest BCUT2D eigenvalue weighted by molar-refractivity contribution is 9.10. The molecule has 1 N–H and O–H groups in total. The van der Waals surface area contributed by atoms with Crippen molar-refractivity contribution in [1.29, 1.82) is 0 Å². The Balaban J connectivity index is 2.14. The molecule has 0 saturated carbocycles. The third kappa shape index (κ3) is 2.85. The molecule has 0 aliphatic carbocycles. The lowest BCUT2D eigenvalue weighted by molar-refractivity contribution is 0.713. The maximum atomic E-state index is 4.04. The summed E-state index contributed by atoms with van der Waals surface area (Å²) in [5.41, 5.74) is 4.51. The maximum Gasteiger partial charge on any atom is 0.102 e. The van der Waals surface area contributed by atoms with E-state index in [9.17, 15) is 0 Å². The van der Waals surface area contributed by atoms with E-state index in [0.717, 1.165) is 15.9 Å². The first kappa shape index (κ1) is 12.1. The summed E-state index contributed by atoms with van der Waals surface area (Å²) >= 11 is 3.57. The number of anilines is 1. The van der Waals surface area contributed by atoms with Gasteiger partial charge in [-0.25, -0.2) is 0 Å². The number of hydrogen-bond donors (Lipinski definition) is 1. The Bertz CT molecular complexity index is 510. The van der Waals surface area contributed by atoms with Crippen LogP contribution in [0.5, 0.6) is 0 Å². The fraction of sp³-hybridized carbons (Fsp3) is 0.333. The second-order valence-corrected chi connectivity index (χ2v) is 5.03. The molecule has 0 unspecified atom stereocenters. The number of benzene rings is 1. The van der Waals surface area contributed by atoms with E-state index in [-0.39, 0.29) is 0 Å². The SMILES string of the molecule is Cc1cc(C)c(NCc2cn(C)nn2)c(Br)c1. The quantitative estimate of drug-likeness (QED) is 0.947. The molecule has 0 radical (unpaired) electrons. The second kappa shape index (κ2) is 4.87. The van der Waals surface area contributed by atoms with Crippen molar-refractivity contribution < 1.29 is 0 Å². The molecule has 90 valence electrons. The Morgan fingerprint density at radius 3 is 2.71 bits per heavy atom. The van der Waals surface area contributed by atoms with Crippen LogP contribution in [0.4, 0.5) is 5.69 Å². The van der Waals surface area contributed by atoms with Crippen molar-refractivity contribution in [2.24, 2.45) is 7.05 Å². The van der Waals surface area contributed by atoms with Gasteiger partial charge in [0.05, 0.1) is 12.2 Å². The third-order valence-electron chi connectivity index (χ3n) is 2.53. The number of nitrogens with zero attached hydrogens (tertiary/aromatic N) is 3. The molecule has 0 amide bonds. The van der Waals surface area contributed by atoms with Crippen LogP contribution in [0, 0.1) is 13.8 Å². The summed E-state index contributed by atoms with van der Waals surface area (Å²) in [5.74, 6) is 0. The van der Waals surface area contributed by atoms with E-state index in [1.165, 1.54) is 11.1 Å². The summed E-state index contributed by atoms with van der Waals surface area (Å²) in [7, 11) is 1.86. The fourth-order valence-corrected chi connectivity index (χ4v) is 2.61. The number of nitrogens with one attached hydrogen (secondary N) is 1. The van der Waals surface area contributed by atoms with Gasteiger partial charge in [-0.2, -0.15) is 0 Å². The molecule has 0 saturated heterocycles. The minimum Gasteiger partial charge on any atom is -0.378 e. The number of aryl methyl sites for hydroxylation is 3. The van der Waals surface area contributed by atoms with Gasteiger partial charge in [0, 0.05) is 17.7 Å². The van der Waals surface area contributed by atoms with Gasteiger partial charge in [0.2, 0.25) is 0 Å². The van der Waals surface area contributed by atoms with Crippen LogP contribution < -0.4 is 5.32 Å².